The zero-order valence-corrected chi connectivity index (χ0v) is 21.3. The van der Waals surface area contributed by atoms with E-state index < -0.39 is 6.04 Å². The van der Waals surface area contributed by atoms with Gasteiger partial charge in [-0.1, -0.05) is 71.4 Å². The number of hydrogen-bond donors (Lipinski definition) is 1. The Labute approximate surface area is 216 Å². The zero-order chi connectivity index (χ0) is 25.8. The summed E-state index contributed by atoms with van der Waals surface area (Å²) in [6.45, 7) is 7.03. The molecule has 0 saturated carbocycles. The standard InChI is InChI=1S/C30H30N4O3/c1-4-36-25-15-13-23(14-16-25)27-26(29-32-28(33-37-29)24-12-8-9-20(2)19-24)21(3)34(30(35)31-27)18-17-22-10-6-5-7-11-22/h5-16,19,27H,4,17-18H2,1-3H3,(H,31,35). The minimum absolute atomic E-state index is 0.158. The average Bonchev–Trinajstić information content (AvgIpc) is 3.39. The first-order chi connectivity index (χ1) is 18.0. The van der Waals surface area contributed by atoms with Gasteiger partial charge in [-0.3, -0.25) is 4.90 Å². The number of benzene rings is 3. The summed E-state index contributed by atoms with van der Waals surface area (Å²) in [5.74, 6) is 1.68. The molecule has 0 radical (unpaired) electrons. The fraction of sp³-hybridized carbons (Fsp3) is 0.233. The Hall–Kier alpha value is -4.39. The first-order valence-corrected chi connectivity index (χ1v) is 12.5. The second kappa shape index (κ2) is 10.7. The van der Waals surface area contributed by atoms with Gasteiger partial charge in [0.05, 0.1) is 18.2 Å². The largest absolute Gasteiger partial charge is 0.494 e. The average molecular weight is 495 g/mol. The van der Waals surface area contributed by atoms with Crippen molar-refractivity contribution in [3.8, 4) is 17.1 Å². The van der Waals surface area contributed by atoms with Crippen LogP contribution in [0.15, 0.2) is 89.1 Å². The summed E-state index contributed by atoms with van der Waals surface area (Å²) in [7, 11) is 0. The maximum Gasteiger partial charge on any atom is 0.322 e. The fourth-order valence-corrected chi connectivity index (χ4v) is 4.62. The van der Waals surface area contributed by atoms with E-state index in [2.05, 4.69) is 22.6 Å². The van der Waals surface area contributed by atoms with Crippen LogP contribution in [0.1, 0.15) is 42.5 Å². The summed E-state index contributed by atoms with van der Waals surface area (Å²) >= 11 is 0. The van der Waals surface area contributed by atoms with E-state index in [4.69, 9.17) is 14.2 Å². The molecule has 2 heterocycles. The number of carbonyl (C=O) groups excluding carboxylic acids is 1. The number of aryl methyl sites for hydroxylation is 1. The van der Waals surface area contributed by atoms with Crippen LogP contribution in [0.4, 0.5) is 4.79 Å². The van der Waals surface area contributed by atoms with Crippen molar-refractivity contribution in [1.29, 1.82) is 0 Å². The summed E-state index contributed by atoms with van der Waals surface area (Å²) in [5.41, 5.74) is 5.64. The van der Waals surface area contributed by atoms with Gasteiger partial charge in [0.1, 0.15) is 5.75 Å². The van der Waals surface area contributed by atoms with E-state index >= 15 is 0 Å². The smallest absolute Gasteiger partial charge is 0.322 e. The van der Waals surface area contributed by atoms with Crippen LogP contribution in [-0.4, -0.2) is 34.2 Å². The van der Waals surface area contributed by atoms with E-state index in [0.29, 0.717) is 24.9 Å². The zero-order valence-electron chi connectivity index (χ0n) is 21.3. The summed E-state index contributed by atoms with van der Waals surface area (Å²) in [6, 6.07) is 25.3. The van der Waals surface area contributed by atoms with Crippen LogP contribution in [0.3, 0.4) is 0 Å². The fourth-order valence-electron chi connectivity index (χ4n) is 4.62. The van der Waals surface area contributed by atoms with E-state index in [0.717, 1.165) is 45.7 Å². The van der Waals surface area contributed by atoms with Crippen LogP contribution in [0.5, 0.6) is 5.75 Å². The lowest BCUT2D eigenvalue weighted by Gasteiger charge is -2.35. The molecule has 4 aromatic rings. The molecule has 1 unspecified atom stereocenters. The van der Waals surface area contributed by atoms with Crippen molar-refractivity contribution in [2.75, 3.05) is 13.2 Å². The van der Waals surface area contributed by atoms with E-state index in [1.807, 2.05) is 87.5 Å². The van der Waals surface area contributed by atoms with Gasteiger partial charge in [0.2, 0.25) is 5.82 Å². The Morgan fingerprint density at radius 1 is 1.00 bits per heavy atom. The third-order valence-electron chi connectivity index (χ3n) is 6.52. The number of carbonyl (C=O) groups is 1. The van der Waals surface area contributed by atoms with Crippen LogP contribution < -0.4 is 10.1 Å². The Balaban J connectivity index is 1.53. The monoisotopic (exact) mass is 494 g/mol. The Morgan fingerprint density at radius 3 is 2.51 bits per heavy atom. The van der Waals surface area contributed by atoms with E-state index in [1.165, 1.54) is 0 Å². The molecule has 7 nitrogen and oxygen atoms in total. The number of hydrogen-bond acceptors (Lipinski definition) is 5. The molecule has 0 spiro atoms. The molecular formula is C30H30N4O3. The van der Waals surface area contributed by atoms with Gasteiger partial charge in [0.25, 0.3) is 5.89 Å². The normalized spacial score (nSPS) is 15.6. The number of ether oxygens (including phenoxy) is 1. The predicted molar refractivity (Wildman–Crippen MR) is 143 cm³/mol. The van der Waals surface area contributed by atoms with Crippen molar-refractivity contribution < 1.29 is 14.1 Å². The minimum atomic E-state index is -0.443. The molecule has 37 heavy (non-hydrogen) atoms. The molecule has 5 rings (SSSR count). The summed E-state index contributed by atoms with van der Waals surface area (Å²) in [6.07, 6.45) is 0.727. The predicted octanol–water partition coefficient (Wildman–Crippen LogP) is 6.18. The maximum atomic E-state index is 13.3. The molecule has 7 heteroatoms. The number of nitrogens with one attached hydrogen (secondary N) is 1. The molecule has 3 aromatic carbocycles. The number of rotatable bonds is 8. The summed E-state index contributed by atoms with van der Waals surface area (Å²) < 4.78 is 11.4. The highest BCUT2D eigenvalue weighted by molar-refractivity contribution is 5.87. The lowest BCUT2D eigenvalue weighted by molar-refractivity contribution is 0.205. The number of allylic oxidation sites excluding steroid dienone is 1. The van der Waals surface area contributed by atoms with Gasteiger partial charge < -0.3 is 14.6 Å². The Morgan fingerprint density at radius 2 is 1.78 bits per heavy atom. The van der Waals surface area contributed by atoms with Gasteiger partial charge in [-0.2, -0.15) is 4.98 Å². The highest BCUT2D eigenvalue weighted by atomic mass is 16.5. The molecule has 2 amide bonds. The van der Waals surface area contributed by atoms with Crippen LogP contribution in [0.2, 0.25) is 0 Å². The van der Waals surface area contributed by atoms with Crippen molar-refractivity contribution in [1.82, 2.24) is 20.4 Å². The van der Waals surface area contributed by atoms with Crippen molar-refractivity contribution >= 4 is 11.6 Å². The van der Waals surface area contributed by atoms with Gasteiger partial charge in [0, 0.05) is 17.8 Å². The van der Waals surface area contributed by atoms with Gasteiger partial charge in [-0.15, -0.1) is 0 Å². The van der Waals surface area contributed by atoms with Gasteiger partial charge in [-0.05, 0) is 56.5 Å². The molecule has 0 saturated heterocycles. The highest BCUT2D eigenvalue weighted by Gasteiger charge is 2.35. The number of amides is 2. The molecule has 1 aromatic heterocycles. The molecule has 1 aliphatic heterocycles. The number of aromatic nitrogens is 2. The lowest BCUT2D eigenvalue weighted by Crippen LogP contribution is -2.46. The second-order valence-corrected chi connectivity index (χ2v) is 9.06. The van der Waals surface area contributed by atoms with E-state index in [9.17, 15) is 4.79 Å². The molecule has 1 aliphatic rings. The first kappa shape index (κ1) is 24.3. The van der Waals surface area contributed by atoms with Crippen LogP contribution in [0.25, 0.3) is 17.0 Å². The molecule has 0 fully saturated rings. The third kappa shape index (κ3) is 5.26. The third-order valence-corrected chi connectivity index (χ3v) is 6.52. The van der Waals surface area contributed by atoms with Gasteiger partial charge in [0.15, 0.2) is 0 Å². The van der Waals surface area contributed by atoms with Gasteiger partial charge >= 0.3 is 6.03 Å². The molecule has 0 aliphatic carbocycles. The molecular weight excluding hydrogens is 464 g/mol. The van der Waals surface area contributed by atoms with E-state index in [-0.39, 0.29) is 6.03 Å². The van der Waals surface area contributed by atoms with Crippen molar-refractivity contribution in [3.63, 3.8) is 0 Å². The molecule has 0 bridgehead atoms. The van der Waals surface area contributed by atoms with Crippen molar-refractivity contribution in [3.05, 3.63) is 107 Å². The number of nitrogens with zero attached hydrogens (tertiary/aromatic N) is 3. The van der Waals surface area contributed by atoms with E-state index in [1.54, 1.807) is 4.90 Å². The topological polar surface area (TPSA) is 80.5 Å². The second-order valence-electron chi connectivity index (χ2n) is 9.06. The first-order valence-electron chi connectivity index (χ1n) is 12.5. The molecule has 188 valence electrons. The Bertz CT molecular complexity index is 1410. The van der Waals surface area contributed by atoms with Crippen LogP contribution >= 0.6 is 0 Å². The molecule has 1 N–H and O–H groups in total. The van der Waals surface area contributed by atoms with Crippen LogP contribution in [0, 0.1) is 6.92 Å². The highest BCUT2D eigenvalue weighted by Crippen LogP contribution is 2.38. The number of urea groups is 1. The van der Waals surface area contributed by atoms with Crippen molar-refractivity contribution in [2.45, 2.75) is 33.2 Å². The SMILES string of the molecule is CCOc1ccc(C2NC(=O)N(CCc3ccccc3)C(C)=C2c2nc(-c3cccc(C)c3)no2)cc1. The van der Waals surface area contributed by atoms with Crippen LogP contribution in [-0.2, 0) is 6.42 Å². The van der Waals surface area contributed by atoms with Gasteiger partial charge in [-0.25, -0.2) is 4.79 Å². The quantitative estimate of drug-likeness (QED) is 0.316. The lowest BCUT2D eigenvalue weighted by atomic mass is 9.94. The molecule has 1 atom stereocenters. The summed E-state index contributed by atoms with van der Waals surface area (Å²) in [4.78, 5) is 19.8. The minimum Gasteiger partial charge on any atom is -0.494 e. The Kier molecular flexibility index (Phi) is 7.03. The van der Waals surface area contributed by atoms with Crippen molar-refractivity contribution in [2.24, 2.45) is 0 Å². The maximum absolute atomic E-state index is 13.3. The summed E-state index contributed by atoms with van der Waals surface area (Å²) in [5, 5.41) is 7.44.